The fraction of sp³-hybridized carbons (Fsp3) is 0. The maximum Gasteiger partial charge on any atom is 0.180 e. The lowest BCUT2D eigenvalue weighted by Crippen LogP contribution is -2.00. The third kappa shape index (κ3) is 11.3. The van der Waals surface area contributed by atoms with E-state index in [1.807, 2.05) is 140 Å². The highest BCUT2D eigenvalue weighted by Crippen LogP contribution is 2.46. The van der Waals surface area contributed by atoms with Crippen LogP contribution in [0.4, 0.5) is 0 Å². The topological polar surface area (TPSA) is 155 Å². The van der Waals surface area contributed by atoms with Crippen LogP contribution in [-0.2, 0) is 0 Å². The minimum atomic E-state index is 0.595. The van der Waals surface area contributed by atoms with Gasteiger partial charge in [-0.1, -0.05) is 291 Å². The summed E-state index contributed by atoms with van der Waals surface area (Å²) in [4.78, 5) is 51.6. The number of hydrogen-bond donors (Lipinski definition) is 0. The monoisotopic (exact) mass is 1470 g/mol. The van der Waals surface area contributed by atoms with Crippen LogP contribution in [0.15, 0.2) is 349 Å². The van der Waals surface area contributed by atoms with Crippen LogP contribution in [0.5, 0.6) is 0 Å². The second kappa shape index (κ2) is 26.6. The van der Waals surface area contributed by atoms with Gasteiger partial charge in [0.15, 0.2) is 52.2 Å². The molecule has 0 N–H and O–H groups in total. The summed E-state index contributed by atoms with van der Waals surface area (Å²) in [6, 6.07) is 117. The molecule has 0 radical (unpaired) electrons. The van der Waals surface area contributed by atoms with Gasteiger partial charge in [-0.2, -0.15) is 0 Å². The van der Waals surface area contributed by atoms with Gasteiger partial charge in [-0.3, -0.25) is 0 Å². The van der Waals surface area contributed by atoms with Gasteiger partial charge in [0.05, 0.1) is 15.9 Å². The zero-order valence-corrected chi connectivity index (χ0v) is 61.1. The predicted molar refractivity (Wildman–Crippen MR) is 455 cm³/mol. The molecule has 12 nitrogen and oxygen atoms in total. The van der Waals surface area contributed by atoms with Crippen molar-refractivity contribution >= 4 is 107 Å². The van der Waals surface area contributed by atoms with Crippen molar-refractivity contribution in [2.24, 2.45) is 0 Å². The molecule has 22 rings (SSSR count). The molecule has 0 atom stereocenters. The van der Waals surface area contributed by atoms with E-state index in [0.29, 0.717) is 57.8 Å². The molecule has 0 spiro atoms. The maximum atomic E-state index is 6.96. The van der Waals surface area contributed by atoms with Crippen molar-refractivity contribution < 1.29 is 8.83 Å². The Morgan fingerprint density at radius 1 is 0.196 bits per heavy atom. The summed E-state index contributed by atoms with van der Waals surface area (Å²) < 4.78 is 18.3. The molecule has 0 fully saturated rings. The molecule has 8 aromatic heterocycles. The summed E-state index contributed by atoms with van der Waals surface area (Å²) in [6.45, 7) is 0. The van der Waals surface area contributed by atoms with Crippen molar-refractivity contribution in [3.05, 3.63) is 340 Å². The summed E-state index contributed by atoms with van der Waals surface area (Å²) in [7, 11) is 0. The second-order valence-electron chi connectivity index (χ2n) is 27.7. The third-order valence-electron chi connectivity index (χ3n) is 20.9. The number of rotatable bonds is 13. The van der Waals surface area contributed by atoms with Crippen molar-refractivity contribution in [2.45, 2.75) is 0 Å². The van der Waals surface area contributed by atoms with Crippen LogP contribution in [-0.4, -0.2) is 49.8 Å². The molecule has 0 aliphatic carbocycles. The smallest absolute Gasteiger partial charge is 0.180 e. The first-order valence-electron chi connectivity index (χ1n) is 36.9. The van der Waals surface area contributed by atoms with E-state index in [-0.39, 0.29) is 0 Å². The Morgan fingerprint density at radius 2 is 0.598 bits per heavy atom. The van der Waals surface area contributed by atoms with E-state index < -0.39 is 0 Å². The van der Waals surface area contributed by atoms with Crippen molar-refractivity contribution in [1.29, 1.82) is 0 Å². The van der Waals surface area contributed by atoms with Gasteiger partial charge in [0.1, 0.15) is 28.0 Å². The Kier molecular flexibility index (Phi) is 15.3. The van der Waals surface area contributed by atoms with E-state index in [9.17, 15) is 0 Å². The van der Waals surface area contributed by atoms with Gasteiger partial charge in [-0.25, -0.2) is 49.8 Å². The molecule has 0 saturated carbocycles. The molecule has 0 unspecified atom stereocenters. The Balaban J connectivity index is 0.579. The summed E-state index contributed by atoms with van der Waals surface area (Å²) in [5.74, 6) is 4.91. The number of fused-ring (bicyclic) bond motifs is 12. The minimum absolute atomic E-state index is 0.595. The predicted octanol–water partition coefficient (Wildman–Crippen LogP) is 25.8. The standard InChI is InChI=1S/C98H56N10O2S2/c1-6-21-59(22-7-1)84-89-86(101-98(99-84)77-36-20-38-81-83(77)75-52-48-68(56-82(75)111-81)66-31-18-32-69(53-66)97-107-93(63-27-12-4-13-28-63)104-94(108-97)64-29-14-5-15-30-64)74-51-47-67(54-79(74)110-89)57-39-43-60(44-40-57)85-90-87(76-33-16-17-37-80(76)112-90)102-96(100-85)70-49-50-72-73-35-19-34-71(88(73)109-78(72)55-70)58-41-45-65(46-42-58)95-105-91(61-23-8-2-9-24-61)103-92(106-95)62-25-10-3-11-26-62/h1-56H. The highest BCUT2D eigenvalue weighted by Gasteiger charge is 2.25. The summed E-state index contributed by atoms with van der Waals surface area (Å²) in [5.41, 5.74) is 21.4. The van der Waals surface area contributed by atoms with Gasteiger partial charge in [0.2, 0.25) is 0 Å². The molecular weight excluding hydrogens is 1410 g/mol. The minimum Gasteiger partial charge on any atom is -0.455 e. The van der Waals surface area contributed by atoms with E-state index in [2.05, 4.69) is 200 Å². The molecule has 14 aromatic carbocycles. The SMILES string of the molecule is c1ccc(-c2nc(-c3ccccc3)nc(-c3ccc(-c4cccc5c4oc4cc(-c6nc(-c7ccc(-c8ccc9c(c8)oc8c(-c%10ccccc%10)nc(-c%10cccc%11sc%12cc(-c%13cccc(-c%14nc(-c%15ccccc%15)nc(-c%15ccccc%15)n%14)c%13)ccc%12c%10%11)nc89)cc7)c7sc8ccccc8c7n6)ccc45)cc3)n2)cc1. The Bertz CT molecular complexity index is 7370. The fourth-order valence-corrected chi connectivity index (χ4v) is 17.7. The lowest BCUT2D eigenvalue weighted by molar-refractivity contribution is 0.667. The van der Waals surface area contributed by atoms with E-state index in [0.717, 1.165) is 174 Å². The largest absolute Gasteiger partial charge is 0.455 e. The van der Waals surface area contributed by atoms with Crippen LogP contribution in [0.1, 0.15) is 0 Å². The van der Waals surface area contributed by atoms with Gasteiger partial charge in [0, 0.05) is 108 Å². The Hall–Kier alpha value is -14.7. The number of furan rings is 2. The first-order chi connectivity index (χ1) is 55.4. The van der Waals surface area contributed by atoms with Gasteiger partial charge in [0.25, 0.3) is 0 Å². The maximum absolute atomic E-state index is 6.96. The van der Waals surface area contributed by atoms with Crippen molar-refractivity contribution in [2.75, 3.05) is 0 Å². The molecule has 522 valence electrons. The fourth-order valence-electron chi connectivity index (χ4n) is 15.3. The molecule has 112 heavy (non-hydrogen) atoms. The van der Waals surface area contributed by atoms with E-state index in [1.165, 1.54) is 0 Å². The van der Waals surface area contributed by atoms with Crippen LogP contribution in [0.3, 0.4) is 0 Å². The summed E-state index contributed by atoms with van der Waals surface area (Å²) in [5, 5.41) is 6.24. The zero-order valence-electron chi connectivity index (χ0n) is 59.4. The highest BCUT2D eigenvalue weighted by molar-refractivity contribution is 7.26. The van der Waals surface area contributed by atoms with Crippen LogP contribution < -0.4 is 0 Å². The first-order valence-corrected chi connectivity index (χ1v) is 38.5. The van der Waals surface area contributed by atoms with Gasteiger partial charge >= 0.3 is 0 Å². The van der Waals surface area contributed by atoms with Crippen molar-refractivity contribution in [3.8, 4) is 147 Å². The molecule has 0 saturated heterocycles. The number of hydrogen-bond acceptors (Lipinski definition) is 14. The molecule has 0 aliphatic heterocycles. The lowest BCUT2D eigenvalue weighted by Gasteiger charge is -2.10. The number of thiophene rings is 2. The van der Waals surface area contributed by atoms with Gasteiger partial charge in [-0.15, -0.1) is 22.7 Å². The Labute approximate surface area is 648 Å². The molecular formula is C98H56N10O2S2. The van der Waals surface area contributed by atoms with Crippen LogP contribution in [0, 0.1) is 0 Å². The quantitative estimate of drug-likeness (QED) is 0.108. The van der Waals surface area contributed by atoms with Crippen molar-refractivity contribution in [1.82, 2.24) is 49.8 Å². The third-order valence-corrected chi connectivity index (χ3v) is 23.2. The first kappa shape index (κ1) is 64.5. The summed E-state index contributed by atoms with van der Waals surface area (Å²) in [6.07, 6.45) is 0. The molecule has 22 aromatic rings. The molecule has 0 aliphatic rings. The van der Waals surface area contributed by atoms with Crippen LogP contribution in [0.2, 0.25) is 0 Å². The average Bonchev–Trinajstić information content (AvgIpc) is 1.58. The van der Waals surface area contributed by atoms with Crippen LogP contribution >= 0.6 is 22.7 Å². The van der Waals surface area contributed by atoms with Gasteiger partial charge < -0.3 is 8.83 Å². The molecule has 8 heterocycles. The number of nitrogens with zero attached hydrogens (tertiary/aromatic N) is 10. The zero-order chi connectivity index (χ0) is 73.7. The summed E-state index contributed by atoms with van der Waals surface area (Å²) >= 11 is 3.48. The number of benzene rings is 14. The number of aromatic nitrogens is 10. The van der Waals surface area contributed by atoms with E-state index >= 15 is 0 Å². The second-order valence-corrected chi connectivity index (χ2v) is 29.9. The lowest BCUT2D eigenvalue weighted by atomic mass is 9.99. The molecule has 14 heteroatoms. The average molecular weight is 1470 g/mol. The Morgan fingerprint density at radius 3 is 1.26 bits per heavy atom. The van der Waals surface area contributed by atoms with Crippen molar-refractivity contribution in [3.63, 3.8) is 0 Å². The molecule has 0 bridgehead atoms. The highest BCUT2D eigenvalue weighted by atomic mass is 32.1. The van der Waals surface area contributed by atoms with Crippen LogP contribution in [0.25, 0.3) is 231 Å². The normalized spacial score (nSPS) is 11.8. The number of para-hydroxylation sites is 1. The van der Waals surface area contributed by atoms with E-state index in [4.69, 9.17) is 58.7 Å². The van der Waals surface area contributed by atoms with E-state index in [1.54, 1.807) is 22.7 Å². The van der Waals surface area contributed by atoms with Gasteiger partial charge in [-0.05, 0) is 76.3 Å². The molecule has 0 amide bonds.